The number of rotatable bonds is 4. The highest BCUT2D eigenvalue weighted by Gasteiger charge is 2.33. The summed E-state index contributed by atoms with van der Waals surface area (Å²) in [7, 11) is -3.23. The van der Waals surface area contributed by atoms with Gasteiger partial charge in [-0.05, 0) is 38.3 Å². The zero-order valence-electron chi connectivity index (χ0n) is 16.9. The van der Waals surface area contributed by atoms with Gasteiger partial charge in [0, 0.05) is 51.4 Å². The first kappa shape index (κ1) is 22.8. The van der Waals surface area contributed by atoms with Gasteiger partial charge in [0.1, 0.15) is 5.82 Å². The van der Waals surface area contributed by atoms with Crippen molar-refractivity contribution in [3.8, 4) is 0 Å². The molecule has 30 heavy (non-hydrogen) atoms. The van der Waals surface area contributed by atoms with Gasteiger partial charge < -0.3 is 9.80 Å². The molecule has 2 saturated heterocycles. The Bertz CT molecular complexity index is 838. The number of sulfonamides is 1. The average molecular weight is 449 g/mol. The Hall–Kier alpha value is -1.88. The van der Waals surface area contributed by atoms with E-state index >= 15 is 0 Å². The minimum Gasteiger partial charge on any atom is -0.355 e. The van der Waals surface area contributed by atoms with Crippen molar-refractivity contribution < 1.29 is 26.4 Å². The van der Waals surface area contributed by atoms with Gasteiger partial charge in [-0.15, -0.1) is 0 Å². The lowest BCUT2D eigenvalue weighted by molar-refractivity contribution is -0.138. The Morgan fingerprint density at radius 2 is 1.80 bits per heavy atom. The summed E-state index contributed by atoms with van der Waals surface area (Å²) >= 11 is 0. The molecule has 0 atom stereocenters. The van der Waals surface area contributed by atoms with Crippen LogP contribution < -0.4 is 4.90 Å². The molecule has 1 aromatic heterocycles. The van der Waals surface area contributed by atoms with Crippen LogP contribution in [0.15, 0.2) is 18.3 Å². The van der Waals surface area contributed by atoms with Gasteiger partial charge in [-0.25, -0.2) is 17.7 Å². The number of alkyl halides is 3. The van der Waals surface area contributed by atoms with E-state index in [1.165, 1.54) is 10.4 Å². The minimum absolute atomic E-state index is 0.0331. The Morgan fingerprint density at radius 3 is 2.37 bits per heavy atom. The van der Waals surface area contributed by atoms with Crippen LogP contribution in [0.25, 0.3) is 0 Å². The summed E-state index contributed by atoms with van der Waals surface area (Å²) in [5.74, 6) is 0.371. The van der Waals surface area contributed by atoms with Gasteiger partial charge in [-0.1, -0.05) is 0 Å². The Kier molecular flexibility index (Phi) is 6.91. The van der Waals surface area contributed by atoms with Crippen molar-refractivity contribution in [2.75, 3.05) is 49.9 Å². The molecule has 3 rings (SSSR count). The zero-order chi connectivity index (χ0) is 21.9. The monoisotopic (exact) mass is 448 g/mol. The molecule has 0 radical (unpaired) electrons. The van der Waals surface area contributed by atoms with Crippen molar-refractivity contribution in [1.82, 2.24) is 14.2 Å². The highest BCUT2D eigenvalue weighted by Crippen LogP contribution is 2.29. The van der Waals surface area contributed by atoms with Crippen molar-refractivity contribution >= 4 is 21.7 Å². The fourth-order valence-electron chi connectivity index (χ4n) is 3.93. The summed E-state index contributed by atoms with van der Waals surface area (Å²) in [6, 6.07) is 2.39. The number of hydrogen-bond donors (Lipinski definition) is 0. The van der Waals surface area contributed by atoms with Crippen LogP contribution in [0.1, 0.15) is 31.7 Å². The van der Waals surface area contributed by atoms with E-state index < -0.39 is 21.8 Å². The molecule has 168 valence electrons. The Morgan fingerprint density at radius 1 is 1.10 bits per heavy atom. The molecule has 0 bridgehead atoms. The van der Waals surface area contributed by atoms with Gasteiger partial charge in [0.25, 0.3) is 0 Å². The maximum Gasteiger partial charge on any atom is 0.417 e. The van der Waals surface area contributed by atoms with Crippen molar-refractivity contribution in [2.24, 2.45) is 5.92 Å². The van der Waals surface area contributed by atoms with E-state index in [1.807, 2.05) is 4.90 Å². The van der Waals surface area contributed by atoms with Crippen LogP contribution in [0.4, 0.5) is 19.0 Å². The van der Waals surface area contributed by atoms with E-state index in [0.29, 0.717) is 64.3 Å². The molecule has 0 spiro atoms. The molecular formula is C19H27F3N4O3S. The second-order valence-electron chi connectivity index (χ2n) is 7.64. The molecule has 1 aromatic rings. The summed E-state index contributed by atoms with van der Waals surface area (Å²) in [6.45, 7) is 4.48. The van der Waals surface area contributed by atoms with Gasteiger partial charge >= 0.3 is 6.18 Å². The number of piperidine rings is 1. The number of amides is 1. The summed E-state index contributed by atoms with van der Waals surface area (Å²) in [5.41, 5.74) is -0.783. The quantitative estimate of drug-likeness (QED) is 0.706. The van der Waals surface area contributed by atoms with Crippen molar-refractivity contribution in [3.63, 3.8) is 0 Å². The second-order valence-corrected chi connectivity index (χ2v) is 9.90. The van der Waals surface area contributed by atoms with Crippen LogP contribution in [-0.4, -0.2) is 73.5 Å². The molecule has 2 aliphatic heterocycles. The third kappa shape index (κ3) is 5.23. The number of pyridine rings is 1. The van der Waals surface area contributed by atoms with Crippen LogP contribution >= 0.6 is 0 Å². The molecule has 0 N–H and O–H groups in total. The molecule has 0 aliphatic carbocycles. The van der Waals surface area contributed by atoms with Crippen LogP contribution in [-0.2, 0) is 21.0 Å². The first-order chi connectivity index (χ1) is 14.1. The van der Waals surface area contributed by atoms with E-state index in [-0.39, 0.29) is 17.6 Å². The fraction of sp³-hybridized carbons (Fsp3) is 0.684. The third-order valence-corrected chi connectivity index (χ3v) is 7.65. The average Bonchev–Trinajstić information content (AvgIpc) is 2.99. The molecule has 2 aliphatic rings. The number of carbonyl (C=O) groups is 1. The zero-order valence-corrected chi connectivity index (χ0v) is 17.8. The lowest BCUT2D eigenvalue weighted by Crippen LogP contribution is -2.45. The van der Waals surface area contributed by atoms with Gasteiger partial charge in [-0.2, -0.15) is 13.2 Å². The molecule has 1 amide bonds. The van der Waals surface area contributed by atoms with Gasteiger partial charge in [-0.3, -0.25) is 4.79 Å². The van der Waals surface area contributed by atoms with E-state index in [2.05, 4.69) is 4.98 Å². The van der Waals surface area contributed by atoms with Crippen LogP contribution in [0.3, 0.4) is 0 Å². The maximum atomic E-state index is 12.9. The van der Waals surface area contributed by atoms with E-state index in [4.69, 9.17) is 0 Å². The number of anilines is 1. The first-order valence-electron chi connectivity index (χ1n) is 10.2. The first-order valence-corrected chi connectivity index (χ1v) is 11.8. The highest BCUT2D eigenvalue weighted by molar-refractivity contribution is 7.89. The Labute approximate surface area is 174 Å². The van der Waals surface area contributed by atoms with Crippen LogP contribution in [0, 0.1) is 5.92 Å². The topological polar surface area (TPSA) is 73.8 Å². The summed E-state index contributed by atoms with van der Waals surface area (Å²) < 4.78 is 63.6. The molecule has 0 aromatic carbocycles. The summed E-state index contributed by atoms with van der Waals surface area (Å²) in [5, 5.41) is 0. The van der Waals surface area contributed by atoms with E-state index in [0.717, 1.165) is 12.3 Å². The smallest absolute Gasteiger partial charge is 0.355 e. The SMILES string of the molecule is CCS(=O)(=O)N1CCC(C(=O)N2CCCN(c3ccc(C(F)(F)F)cn3)CC2)CC1. The highest BCUT2D eigenvalue weighted by atomic mass is 32.2. The normalized spacial score (nSPS) is 20.3. The maximum absolute atomic E-state index is 12.9. The number of aromatic nitrogens is 1. The molecule has 7 nitrogen and oxygen atoms in total. The molecule has 0 unspecified atom stereocenters. The summed E-state index contributed by atoms with van der Waals surface area (Å²) in [4.78, 5) is 20.6. The van der Waals surface area contributed by atoms with Crippen LogP contribution in [0.2, 0.25) is 0 Å². The number of carbonyl (C=O) groups excluding carboxylic acids is 1. The minimum atomic E-state index is -4.42. The molecule has 11 heteroatoms. The Balaban J connectivity index is 1.56. The molecule has 3 heterocycles. The number of nitrogens with zero attached hydrogens (tertiary/aromatic N) is 4. The predicted molar refractivity (Wildman–Crippen MR) is 106 cm³/mol. The second kappa shape index (κ2) is 9.09. The largest absolute Gasteiger partial charge is 0.417 e. The van der Waals surface area contributed by atoms with E-state index in [9.17, 15) is 26.4 Å². The molecule has 0 saturated carbocycles. The lowest BCUT2D eigenvalue weighted by atomic mass is 9.96. The molecule has 2 fully saturated rings. The number of hydrogen-bond acceptors (Lipinski definition) is 5. The third-order valence-electron chi connectivity index (χ3n) is 5.77. The molecular weight excluding hydrogens is 421 g/mol. The fourth-order valence-corrected chi connectivity index (χ4v) is 5.06. The van der Waals surface area contributed by atoms with Crippen molar-refractivity contribution in [2.45, 2.75) is 32.4 Å². The van der Waals surface area contributed by atoms with Gasteiger partial charge in [0.2, 0.25) is 15.9 Å². The van der Waals surface area contributed by atoms with Crippen molar-refractivity contribution in [3.05, 3.63) is 23.9 Å². The van der Waals surface area contributed by atoms with E-state index in [1.54, 1.807) is 11.8 Å². The van der Waals surface area contributed by atoms with Crippen molar-refractivity contribution in [1.29, 1.82) is 0 Å². The number of halogens is 3. The summed E-state index contributed by atoms with van der Waals surface area (Å²) in [6.07, 6.45) is -1.87. The lowest BCUT2D eigenvalue weighted by Gasteiger charge is -2.33. The van der Waals surface area contributed by atoms with Gasteiger partial charge in [0.15, 0.2) is 0 Å². The standard InChI is InChI=1S/C19H27F3N4O3S/c1-2-30(28,29)26-10-6-15(7-11-26)18(27)25-9-3-8-24(12-13-25)17-5-4-16(14-23-17)19(20,21)22/h4-5,14-15H,2-3,6-13H2,1H3. The van der Waals surface area contributed by atoms with Gasteiger partial charge in [0.05, 0.1) is 11.3 Å². The predicted octanol–water partition coefficient (Wildman–Crippen LogP) is 2.20. The van der Waals surface area contributed by atoms with Crippen LogP contribution in [0.5, 0.6) is 0 Å².